The smallest absolute Gasteiger partial charge is 0.281 e. The van der Waals surface area contributed by atoms with E-state index in [-0.39, 0.29) is 11.1 Å². The molecule has 0 unspecified atom stereocenters. The summed E-state index contributed by atoms with van der Waals surface area (Å²) in [6, 6.07) is 16.4. The molecule has 0 spiro atoms. The van der Waals surface area contributed by atoms with Gasteiger partial charge in [-0.3, -0.25) is 9.36 Å². The molecule has 3 heterocycles. The number of rotatable bonds is 2. The Hall–Kier alpha value is -3.22. The zero-order valence-electron chi connectivity index (χ0n) is 15.2. The van der Waals surface area contributed by atoms with E-state index < -0.39 is 0 Å². The number of para-hydroxylation sites is 1. The highest BCUT2D eigenvalue weighted by Crippen LogP contribution is 2.29. The Kier molecular flexibility index (Phi) is 4.12. The fourth-order valence-electron chi connectivity index (χ4n) is 3.44. The lowest BCUT2D eigenvalue weighted by atomic mass is 10.1. The van der Waals surface area contributed by atoms with Crippen LogP contribution in [0.3, 0.4) is 0 Å². The summed E-state index contributed by atoms with van der Waals surface area (Å²) in [5.74, 6) is 0. The van der Waals surface area contributed by atoms with E-state index in [4.69, 9.17) is 23.2 Å². The van der Waals surface area contributed by atoms with Crippen LogP contribution in [0.2, 0.25) is 10.0 Å². The standard InChI is InChI=1S/C21H13Cl2N5O/c1-12-18(13-6-8-14(22)9-7-13)20-25-24-19-17(28(20)26-12)10-11-27(21(19)29)16-5-3-2-4-15(16)23/h2-11H,1H3. The van der Waals surface area contributed by atoms with Crippen molar-refractivity contribution >= 4 is 39.9 Å². The van der Waals surface area contributed by atoms with Crippen LogP contribution in [-0.2, 0) is 0 Å². The van der Waals surface area contributed by atoms with E-state index in [0.29, 0.717) is 26.9 Å². The lowest BCUT2D eigenvalue weighted by Gasteiger charge is -2.09. The van der Waals surface area contributed by atoms with Gasteiger partial charge in [0.05, 0.1) is 22.0 Å². The number of hydrogen-bond acceptors (Lipinski definition) is 4. The van der Waals surface area contributed by atoms with Gasteiger partial charge in [0.25, 0.3) is 5.56 Å². The molecule has 0 aliphatic rings. The second kappa shape index (κ2) is 6.69. The molecule has 0 amide bonds. The van der Waals surface area contributed by atoms with Crippen molar-refractivity contribution < 1.29 is 0 Å². The van der Waals surface area contributed by atoms with Gasteiger partial charge in [0.15, 0.2) is 11.2 Å². The molecule has 0 bridgehead atoms. The molecule has 142 valence electrons. The fraction of sp³-hybridized carbons (Fsp3) is 0.0476. The van der Waals surface area contributed by atoms with Crippen molar-refractivity contribution in [2.24, 2.45) is 0 Å². The largest absolute Gasteiger partial charge is 0.285 e. The quantitative estimate of drug-likeness (QED) is 0.413. The Bertz CT molecular complexity index is 1450. The van der Waals surface area contributed by atoms with Crippen molar-refractivity contribution in [2.75, 3.05) is 0 Å². The van der Waals surface area contributed by atoms with Crippen LogP contribution in [-0.4, -0.2) is 24.4 Å². The molecule has 29 heavy (non-hydrogen) atoms. The number of pyridine rings is 1. The second-order valence-electron chi connectivity index (χ2n) is 6.58. The van der Waals surface area contributed by atoms with Crippen LogP contribution in [0, 0.1) is 6.92 Å². The molecule has 6 nitrogen and oxygen atoms in total. The summed E-state index contributed by atoms with van der Waals surface area (Å²) >= 11 is 12.3. The Balaban J connectivity index is 1.78. The van der Waals surface area contributed by atoms with Gasteiger partial charge in [0.2, 0.25) is 0 Å². The summed E-state index contributed by atoms with van der Waals surface area (Å²) in [6.07, 6.45) is 1.67. The molecule has 3 aromatic heterocycles. The van der Waals surface area contributed by atoms with Gasteiger partial charge in [-0.15, -0.1) is 10.2 Å². The van der Waals surface area contributed by atoms with E-state index >= 15 is 0 Å². The van der Waals surface area contributed by atoms with Crippen LogP contribution in [0.4, 0.5) is 0 Å². The van der Waals surface area contributed by atoms with Gasteiger partial charge in [-0.05, 0) is 42.8 Å². The highest BCUT2D eigenvalue weighted by molar-refractivity contribution is 6.32. The van der Waals surface area contributed by atoms with Crippen molar-refractivity contribution in [3.63, 3.8) is 0 Å². The molecule has 0 atom stereocenters. The third kappa shape index (κ3) is 2.80. The molecule has 0 saturated heterocycles. The lowest BCUT2D eigenvalue weighted by Crippen LogP contribution is -2.20. The first-order valence-electron chi connectivity index (χ1n) is 8.83. The Labute approximate surface area is 175 Å². The third-order valence-corrected chi connectivity index (χ3v) is 5.37. The molecule has 0 radical (unpaired) electrons. The average Bonchev–Trinajstić information content (AvgIpc) is 3.06. The zero-order valence-corrected chi connectivity index (χ0v) is 16.7. The summed E-state index contributed by atoms with van der Waals surface area (Å²) in [5, 5.41) is 14.3. The predicted octanol–water partition coefficient (Wildman–Crippen LogP) is 4.71. The molecule has 0 fully saturated rings. The third-order valence-electron chi connectivity index (χ3n) is 4.80. The molecule has 8 heteroatoms. The van der Waals surface area contributed by atoms with E-state index in [1.807, 2.05) is 43.3 Å². The van der Waals surface area contributed by atoms with Crippen molar-refractivity contribution in [1.82, 2.24) is 24.4 Å². The molecule has 0 aliphatic heterocycles. The number of hydrogen-bond donors (Lipinski definition) is 0. The fourth-order valence-corrected chi connectivity index (χ4v) is 3.80. The van der Waals surface area contributed by atoms with Crippen molar-refractivity contribution in [1.29, 1.82) is 0 Å². The van der Waals surface area contributed by atoms with Crippen LogP contribution in [0.5, 0.6) is 0 Å². The summed E-state index contributed by atoms with van der Waals surface area (Å²) in [5.41, 5.74) is 4.20. The second-order valence-corrected chi connectivity index (χ2v) is 7.42. The summed E-state index contributed by atoms with van der Waals surface area (Å²) < 4.78 is 3.11. The number of fused-ring (bicyclic) bond motifs is 3. The van der Waals surface area contributed by atoms with Crippen LogP contribution in [0.1, 0.15) is 5.69 Å². The molecule has 0 N–H and O–H groups in total. The normalized spacial score (nSPS) is 11.4. The van der Waals surface area contributed by atoms with Gasteiger partial charge >= 0.3 is 0 Å². The van der Waals surface area contributed by atoms with E-state index in [1.165, 1.54) is 4.57 Å². The van der Waals surface area contributed by atoms with E-state index in [9.17, 15) is 4.79 Å². The van der Waals surface area contributed by atoms with Gasteiger partial charge < -0.3 is 0 Å². The highest BCUT2D eigenvalue weighted by Gasteiger charge is 2.18. The maximum atomic E-state index is 13.1. The minimum Gasteiger partial charge on any atom is -0.281 e. The molecular formula is C21H13Cl2N5O. The van der Waals surface area contributed by atoms with E-state index in [0.717, 1.165) is 16.8 Å². The summed E-state index contributed by atoms with van der Waals surface area (Å²) in [6.45, 7) is 1.90. The molecular weight excluding hydrogens is 409 g/mol. The minimum atomic E-state index is -0.314. The first kappa shape index (κ1) is 17.8. The Morgan fingerprint density at radius 1 is 0.931 bits per heavy atom. The Morgan fingerprint density at radius 3 is 2.45 bits per heavy atom. The van der Waals surface area contributed by atoms with E-state index in [2.05, 4.69) is 15.3 Å². The van der Waals surface area contributed by atoms with Gasteiger partial charge in [-0.25, -0.2) is 4.52 Å². The number of halogens is 2. The van der Waals surface area contributed by atoms with Crippen LogP contribution in [0.15, 0.2) is 65.6 Å². The SMILES string of the molecule is Cc1nn2c(nnc3c(=O)n(-c4ccccc4Cl)ccc32)c1-c1ccc(Cl)cc1. The maximum Gasteiger partial charge on any atom is 0.285 e. The first-order valence-corrected chi connectivity index (χ1v) is 9.58. The minimum absolute atomic E-state index is 0.213. The number of benzene rings is 2. The molecule has 5 aromatic rings. The molecule has 5 rings (SSSR count). The van der Waals surface area contributed by atoms with Gasteiger partial charge in [0.1, 0.15) is 5.52 Å². The zero-order chi connectivity index (χ0) is 20.1. The number of aryl methyl sites for hydroxylation is 1. The van der Waals surface area contributed by atoms with Crippen LogP contribution in [0.25, 0.3) is 33.5 Å². The average molecular weight is 422 g/mol. The summed E-state index contributed by atoms with van der Waals surface area (Å²) in [7, 11) is 0. The predicted molar refractivity (Wildman–Crippen MR) is 114 cm³/mol. The van der Waals surface area contributed by atoms with E-state index in [1.54, 1.807) is 28.9 Å². The Morgan fingerprint density at radius 2 is 1.69 bits per heavy atom. The van der Waals surface area contributed by atoms with Gasteiger partial charge in [-0.2, -0.15) is 5.10 Å². The summed E-state index contributed by atoms with van der Waals surface area (Å²) in [4.78, 5) is 13.1. The van der Waals surface area contributed by atoms with Crippen LogP contribution >= 0.6 is 23.2 Å². The van der Waals surface area contributed by atoms with Crippen molar-refractivity contribution in [3.05, 3.63) is 86.9 Å². The molecule has 0 aliphatic carbocycles. The molecule has 0 saturated carbocycles. The topological polar surface area (TPSA) is 65.1 Å². The highest BCUT2D eigenvalue weighted by atomic mass is 35.5. The number of nitrogens with zero attached hydrogens (tertiary/aromatic N) is 5. The van der Waals surface area contributed by atoms with Gasteiger partial charge in [-0.1, -0.05) is 47.5 Å². The van der Waals surface area contributed by atoms with Crippen molar-refractivity contribution in [2.45, 2.75) is 6.92 Å². The van der Waals surface area contributed by atoms with Crippen molar-refractivity contribution in [3.8, 4) is 16.8 Å². The van der Waals surface area contributed by atoms with Crippen LogP contribution < -0.4 is 5.56 Å². The lowest BCUT2D eigenvalue weighted by molar-refractivity contribution is 0.905. The maximum absolute atomic E-state index is 13.1. The number of aromatic nitrogens is 5. The first-order chi connectivity index (χ1) is 14.0. The monoisotopic (exact) mass is 421 g/mol. The molecule has 2 aromatic carbocycles. The van der Waals surface area contributed by atoms with Gasteiger partial charge in [0, 0.05) is 11.2 Å².